The van der Waals surface area contributed by atoms with E-state index in [-0.39, 0.29) is 9.41 Å². The van der Waals surface area contributed by atoms with Crippen LogP contribution in [0.1, 0.15) is 27.7 Å². The number of halogens is 2. The van der Waals surface area contributed by atoms with Gasteiger partial charge in [0.2, 0.25) is 0 Å². The van der Waals surface area contributed by atoms with Crippen molar-refractivity contribution in [2.24, 2.45) is 11.5 Å². The van der Waals surface area contributed by atoms with E-state index in [9.17, 15) is 0 Å². The normalized spacial score (nSPS) is 2.40. The van der Waals surface area contributed by atoms with Gasteiger partial charge in [-0.05, 0) is 14.1 Å². The van der Waals surface area contributed by atoms with E-state index in [1.54, 1.807) is 0 Å². The van der Waals surface area contributed by atoms with Crippen LogP contribution in [0, 0.1) is 0 Å². The Morgan fingerprint density at radius 3 is 0.500 bits per heavy atom. The highest BCUT2D eigenvalue weighted by Gasteiger charge is 0.934. The van der Waals surface area contributed by atoms with Gasteiger partial charge < -0.3 is 11.5 Å². The van der Waals surface area contributed by atoms with Gasteiger partial charge in [0.15, 0.2) is 0 Å². The fraction of sp³-hybridized carbons (Fsp3) is 1.00. The van der Waals surface area contributed by atoms with E-state index in [1.165, 1.54) is 14.1 Å². The Kier molecular flexibility index (Phi) is 57900. The molecule has 10 heavy (non-hydrogen) atoms. The fourth-order valence-electron chi connectivity index (χ4n) is 0. The number of hydrogen-bond donors (Lipinski definition) is 2. The summed E-state index contributed by atoms with van der Waals surface area (Å²) in [6.45, 7) is 8.00. The monoisotopic (exact) mass is 162 g/mol. The van der Waals surface area contributed by atoms with Gasteiger partial charge in [-0.25, -0.2) is 0 Å². The van der Waals surface area contributed by atoms with Crippen molar-refractivity contribution < 1.29 is 9.41 Å². The van der Waals surface area contributed by atoms with Gasteiger partial charge in [-0.1, -0.05) is 27.7 Å². The van der Waals surface area contributed by atoms with Crippen LogP contribution in [-0.2, 0) is 0 Å². The lowest BCUT2D eigenvalue weighted by Gasteiger charge is -1.19. The second kappa shape index (κ2) is 11000. The Morgan fingerprint density at radius 2 is 0.500 bits per heavy atom. The molecule has 0 rings (SSSR count). The molecule has 0 fully saturated rings. The lowest BCUT2D eigenvalue weighted by atomic mass is 11.0. The van der Waals surface area contributed by atoms with E-state index in [1.807, 2.05) is 27.7 Å². The molecule has 72 valence electrons. The molecule has 0 unspecified atom stereocenters. The molecular weight excluding hydrogens is 138 g/mol. The van der Waals surface area contributed by atoms with E-state index < -0.39 is 0 Å². The highest BCUT2D eigenvalue weighted by molar-refractivity contribution is 3.54. The Bertz CT molecular complexity index is 13.7. The van der Waals surface area contributed by atoms with Gasteiger partial charge >= 0.3 is 0 Å². The van der Waals surface area contributed by atoms with Crippen molar-refractivity contribution in [2.45, 2.75) is 27.7 Å². The second-order valence-electron chi connectivity index (χ2n) is 0. The van der Waals surface area contributed by atoms with E-state index in [2.05, 4.69) is 11.5 Å². The topological polar surface area (TPSA) is 52.0 Å². The highest BCUT2D eigenvalue weighted by Crippen LogP contribution is 1.15. The summed E-state index contributed by atoms with van der Waals surface area (Å²) in [4.78, 5) is 0. The number of nitrogens with two attached hydrogens (primary N) is 2. The lowest BCUT2D eigenvalue weighted by molar-refractivity contribution is 1.11. The highest BCUT2D eigenvalue weighted by atomic mass is 19.0. The van der Waals surface area contributed by atoms with Gasteiger partial charge in [0.05, 0.1) is 0 Å². The molecule has 0 heterocycles. The van der Waals surface area contributed by atoms with Gasteiger partial charge in [0.1, 0.15) is 0 Å². The van der Waals surface area contributed by atoms with Gasteiger partial charge in [-0.2, -0.15) is 0 Å². The maximum absolute atomic E-state index is 4.50. The van der Waals surface area contributed by atoms with Gasteiger partial charge in [0.25, 0.3) is 0 Å². The largest absolute Gasteiger partial charge is 0.333 e. The van der Waals surface area contributed by atoms with E-state index in [0.717, 1.165) is 0 Å². The zero-order valence-corrected chi connectivity index (χ0v) is 7.97. The second-order valence-corrected chi connectivity index (χ2v) is 0. The van der Waals surface area contributed by atoms with Crippen LogP contribution < -0.4 is 11.5 Å². The quantitative estimate of drug-likeness (QED) is 0.567. The van der Waals surface area contributed by atoms with Crippen molar-refractivity contribution >= 4 is 0 Å². The third-order valence-corrected chi connectivity index (χ3v) is 0. The zero-order valence-electron chi connectivity index (χ0n) is 7.97. The third-order valence-electron chi connectivity index (χ3n) is 0. The van der Waals surface area contributed by atoms with Crippen molar-refractivity contribution in [3.8, 4) is 0 Å². The average Bonchev–Trinajstić information content (AvgIpc) is 2.03. The van der Waals surface area contributed by atoms with Crippen LogP contribution in [0.25, 0.3) is 0 Å². The third kappa shape index (κ3) is 7390. The molecule has 0 aromatic carbocycles. The fourth-order valence-corrected chi connectivity index (χ4v) is 0. The van der Waals surface area contributed by atoms with Crippen molar-refractivity contribution in [2.75, 3.05) is 14.1 Å². The number of hydrogen-bond acceptors (Lipinski definition) is 2. The molecule has 0 amide bonds. The molecule has 2 nitrogen and oxygen atoms in total. The maximum Gasteiger partial charge on any atom is -0.0195 e. The Labute approximate surface area is 63.7 Å². The first kappa shape index (κ1) is 52.8. The molecule has 4 N–H and O–H groups in total. The van der Waals surface area contributed by atoms with Crippen molar-refractivity contribution in [3.63, 3.8) is 0 Å². The summed E-state index contributed by atoms with van der Waals surface area (Å²) in [6, 6.07) is 0. The summed E-state index contributed by atoms with van der Waals surface area (Å²) in [7, 11) is 3.00. The molecule has 0 aliphatic carbocycles. The van der Waals surface area contributed by atoms with Crippen molar-refractivity contribution in [3.05, 3.63) is 0 Å². The molecule has 0 aliphatic rings. The molecule has 0 spiro atoms. The molecule has 0 aliphatic heterocycles. The minimum atomic E-state index is 0. The molecule has 0 saturated carbocycles. The van der Waals surface area contributed by atoms with E-state index in [4.69, 9.17) is 0 Å². The SMILES string of the molecule is CC.CC.CN.CN.F.F. The van der Waals surface area contributed by atoms with Crippen LogP contribution in [0.4, 0.5) is 9.41 Å². The number of rotatable bonds is 0. The summed E-state index contributed by atoms with van der Waals surface area (Å²) < 4.78 is 0. The first-order valence-electron chi connectivity index (χ1n) is 3.15. The molecule has 0 atom stereocenters. The summed E-state index contributed by atoms with van der Waals surface area (Å²) in [5.41, 5.74) is 9.00. The standard InChI is InChI=1S/2C2H6.2CH5N.2FH/c4*1-2;;/h2*1-2H3;2*2H2,1H3;2*1H. The summed E-state index contributed by atoms with van der Waals surface area (Å²) in [5.74, 6) is 0. The molecule has 4 heteroatoms. The predicted molar refractivity (Wildman–Crippen MR) is 47.9 cm³/mol. The smallest absolute Gasteiger partial charge is 0.0195 e. The van der Waals surface area contributed by atoms with Crippen LogP contribution in [0.2, 0.25) is 0 Å². The van der Waals surface area contributed by atoms with Crippen molar-refractivity contribution in [1.29, 1.82) is 0 Å². The van der Waals surface area contributed by atoms with Gasteiger partial charge in [-0.15, -0.1) is 0 Å². The predicted octanol–water partition coefficient (Wildman–Crippen LogP) is 1.51. The summed E-state index contributed by atoms with van der Waals surface area (Å²) >= 11 is 0. The molecule has 0 saturated heterocycles. The molecule has 0 bridgehead atoms. The maximum atomic E-state index is 4.50. The van der Waals surface area contributed by atoms with Crippen LogP contribution >= 0.6 is 0 Å². The minimum absolute atomic E-state index is 0. The van der Waals surface area contributed by atoms with Gasteiger partial charge in [0, 0.05) is 0 Å². The van der Waals surface area contributed by atoms with Gasteiger partial charge in [-0.3, -0.25) is 9.41 Å². The zero-order chi connectivity index (χ0) is 8.00. The van der Waals surface area contributed by atoms with Crippen LogP contribution in [-0.4, -0.2) is 14.1 Å². The molecular formula is C6H24F2N2. The van der Waals surface area contributed by atoms with E-state index >= 15 is 0 Å². The first-order chi connectivity index (χ1) is 4.00. The minimum Gasteiger partial charge on any atom is -0.333 e. The Morgan fingerprint density at radius 1 is 0.500 bits per heavy atom. The first-order valence-corrected chi connectivity index (χ1v) is 3.15. The van der Waals surface area contributed by atoms with Crippen LogP contribution in [0.5, 0.6) is 0 Å². The molecule has 0 aromatic heterocycles. The van der Waals surface area contributed by atoms with Crippen LogP contribution in [0.15, 0.2) is 0 Å². The summed E-state index contributed by atoms with van der Waals surface area (Å²) in [5, 5.41) is 0. The molecule has 0 aromatic rings. The summed E-state index contributed by atoms with van der Waals surface area (Å²) in [6.07, 6.45) is 0. The Balaban J connectivity index is -0.00000000500. The lowest BCUT2D eigenvalue weighted by Crippen LogP contribution is -1.69. The van der Waals surface area contributed by atoms with Crippen LogP contribution in [0.3, 0.4) is 0 Å². The Hall–Kier alpha value is -0.220. The van der Waals surface area contributed by atoms with E-state index in [0.29, 0.717) is 0 Å². The average molecular weight is 162 g/mol. The van der Waals surface area contributed by atoms with Crippen molar-refractivity contribution in [1.82, 2.24) is 0 Å². The molecule has 0 radical (unpaired) electrons.